The SMILES string of the molecule is Cc1ccc2c(c1)c(I)c1n2C(c2ccccc2)(c2ccccc2)OCC1. The maximum absolute atomic E-state index is 6.68. The van der Waals surface area contributed by atoms with Crippen molar-refractivity contribution in [2.75, 3.05) is 6.61 Å². The van der Waals surface area contributed by atoms with Crippen LogP contribution in [-0.2, 0) is 16.9 Å². The molecule has 0 saturated heterocycles. The van der Waals surface area contributed by atoms with Crippen LogP contribution in [0.3, 0.4) is 0 Å². The topological polar surface area (TPSA) is 14.2 Å². The minimum Gasteiger partial charge on any atom is -0.346 e. The van der Waals surface area contributed by atoms with Crippen molar-refractivity contribution in [2.45, 2.75) is 19.1 Å². The summed E-state index contributed by atoms with van der Waals surface area (Å²) in [5.74, 6) is 0. The number of ether oxygens (including phenoxy) is 1. The molecule has 3 heteroatoms. The molecule has 5 rings (SSSR count). The third-order valence-electron chi connectivity index (χ3n) is 5.45. The number of aryl methyl sites for hydroxylation is 1. The molecule has 4 aromatic rings. The van der Waals surface area contributed by atoms with Gasteiger partial charge in [0.25, 0.3) is 0 Å². The monoisotopic (exact) mass is 465 g/mol. The summed E-state index contributed by atoms with van der Waals surface area (Å²) in [5, 5.41) is 1.31. The molecule has 0 fully saturated rings. The fourth-order valence-corrected chi connectivity index (χ4v) is 5.22. The first-order valence-corrected chi connectivity index (χ1v) is 10.3. The highest BCUT2D eigenvalue weighted by molar-refractivity contribution is 14.1. The lowest BCUT2D eigenvalue weighted by molar-refractivity contribution is -0.0558. The number of rotatable bonds is 2. The molecule has 1 aliphatic heterocycles. The van der Waals surface area contributed by atoms with Crippen molar-refractivity contribution in [3.05, 3.63) is 105 Å². The molecule has 2 heterocycles. The van der Waals surface area contributed by atoms with E-state index >= 15 is 0 Å². The highest BCUT2D eigenvalue weighted by atomic mass is 127. The summed E-state index contributed by atoms with van der Waals surface area (Å²) in [6.45, 7) is 2.86. The van der Waals surface area contributed by atoms with Gasteiger partial charge in [-0.1, -0.05) is 72.3 Å². The lowest BCUT2D eigenvalue weighted by atomic mass is 9.92. The van der Waals surface area contributed by atoms with E-state index in [1.807, 2.05) is 0 Å². The van der Waals surface area contributed by atoms with Gasteiger partial charge in [0.05, 0.1) is 12.1 Å². The van der Waals surface area contributed by atoms with Gasteiger partial charge in [0.1, 0.15) is 0 Å². The van der Waals surface area contributed by atoms with Gasteiger partial charge in [-0.2, -0.15) is 0 Å². The summed E-state index contributed by atoms with van der Waals surface area (Å²) in [4.78, 5) is 0. The van der Waals surface area contributed by atoms with Gasteiger partial charge in [-0.05, 0) is 41.6 Å². The number of halogens is 1. The van der Waals surface area contributed by atoms with Gasteiger partial charge in [0.2, 0.25) is 0 Å². The molecule has 27 heavy (non-hydrogen) atoms. The number of fused-ring (bicyclic) bond motifs is 3. The van der Waals surface area contributed by atoms with E-state index in [0.29, 0.717) is 6.61 Å². The molecule has 2 nitrogen and oxygen atoms in total. The van der Waals surface area contributed by atoms with Crippen molar-refractivity contribution in [1.29, 1.82) is 0 Å². The van der Waals surface area contributed by atoms with Gasteiger partial charge in [0.15, 0.2) is 5.72 Å². The second-order valence-corrected chi connectivity index (χ2v) is 8.17. The van der Waals surface area contributed by atoms with Crippen LogP contribution in [0.15, 0.2) is 78.9 Å². The summed E-state index contributed by atoms with van der Waals surface area (Å²) in [6, 6.07) is 27.9. The Bertz CT molecular complexity index is 1080. The fourth-order valence-electron chi connectivity index (χ4n) is 4.28. The van der Waals surface area contributed by atoms with Crippen LogP contribution in [0.25, 0.3) is 10.9 Å². The van der Waals surface area contributed by atoms with Crippen molar-refractivity contribution < 1.29 is 4.74 Å². The molecule has 0 bridgehead atoms. The van der Waals surface area contributed by atoms with Crippen LogP contribution in [0.5, 0.6) is 0 Å². The first kappa shape index (κ1) is 17.0. The Labute approximate surface area is 172 Å². The van der Waals surface area contributed by atoms with Crippen molar-refractivity contribution >= 4 is 33.5 Å². The van der Waals surface area contributed by atoms with Crippen molar-refractivity contribution in [2.24, 2.45) is 0 Å². The molecule has 1 aliphatic rings. The molecular weight excluding hydrogens is 445 g/mol. The van der Waals surface area contributed by atoms with E-state index in [-0.39, 0.29) is 0 Å². The number of hydrogen-bond acceptors (Lipinski definition) is 1. The number of hydrogen-bond donors (Lipinski definition) is 0. The number of aromatic nitrogens is 1. The Morgan fingerprint density at radius 2 is 1.52 bits per heavy atom. The first-order chi connectivity index (χ1) is 13.2. The largest absolute Gasteiger partial charge is 0.346 e. The Hall–Kier alpha value is -2.11. The standard InChI is InChI=1S/C24H20INO/c1-17-12-13-21-20(16-17)23(25)22-14-15-27-24(26(21)22,18-8-4-2-5-9-18)19-10-6-3-7-11-19/h2-13,16H,14-15H2,1H3. The van der Waals surface area contributed by atoms with Crippen LogP contribution in [0, 0.1) is 10.5 Å². The Morgan fingerprint density at radius 3 is 2.15 bits per heavy atom. The normalized spacial score (nSPS) is 15.6. The van der Waals surface area contributed by atoms with Gasteiger partial charge in [-0.15, -0.1) is 0 Å². The molecule has 0 aliphatic carbocycles. The Morgan fingerprint density at radius 1 is 0.889 bits per heavy atom. The van der Waals surface area contributed by atoms with E-state index < -0.39 is 5.72 Å². The molecule has 0 radical (unpaired) electrons. The molecule has 3 aromatic carbocycles. The van der Waals surface area contributed by atoms with Crippen LogP contribution in [0.2, 0.25) is 0 Å². The first-order valence-electron chi connectivity index (χ1n) is 9.27. The smallest absolute Gasteiger partial charge is 0.197 e. The van der Waals surface area contributed by atoms with Crippen LogP contribution in [0.1, 0.15) is 22.4 Å². The minimum absolute atomic E-state index is 0.646. The second kappa shape index (κ2) is 6.50. The van der Waals surface area contributed by atoms with E-state index in [1.165, 1.54) is 25.7 Å². The maximum atomic E-state index is 6.68. The van der Waals surface area contributed by atoms with Gasteiger partial charge in [0, 0.05) is 32.2 Å². The molecule has 0 saturated carbocycles. The third kappa shape index (κ3) is 2.48. The summed E-state index contributed by atoms with van der Waals surface area (Å²) in [6.07, 6.45) is 0.924. The van der Waals surface area contributed by atoms with Crippen LogP contribution >= 0.6 is 22.6 Å². The molecular formula is C24H20INO. The average molecular weight is 465 g/mol. The van der Waals surface area contributed by atoms with Crippen molar-refractivity contribution in [3.63, 3.8) is 0 Å². The van der Waals surface area contributed by atoms with E-state index in [1.54, 1.807) is 0 Å². The molecule has 0 N–H and O–H groups in total. The summed E-state index contributed by atoms with van der Waals surface area (Å²) in [7, 11) is 0. The van der Waals surface area contributed by atoms with Gasteiger partial charge in [-0.25, -0.2) is 0 Å². The highest BCUT2D eigenvalue weighted by Gasteiger charge is 2.43. The molecule has 0 spiro atoms. The lowest BCUT2D eigenvalue weighted by Crippen LogP contribution is -2.44. The number of benzene rings is 3. The second-order valence-electron chi connectivity index (χ2n) is 7.09. The zero-order valence-corrected chi connectivity index (χ0v) is 17.3. The van der Waals surface area contributed by atoms with E-state index in [2.05, 4.69) is 113 Å². The third-order valence-corrected chi connectivity index (χ3v) is 6.65. The summed E-state index contributed by atoms with van der Waals surface area (Å²) in [5.41, 5.74) is 5.54. The van der Waals surface area contributed by atoms with Crippen molar-refractivity contribution in [1.82, 2.24) is 4.57 Å². The minimum atomic E-state index is -0.646. The summed E-state index contributed by atoms with van der Waals surface area (Å²) >= 11 is 2.51. The van der Waals surface area contributed by atoms with Gasteiger partial charge >= 0.3 is 0 Å². The van der Waals surface area contributed by atoms with Crippen LogP contribution in [0.4, 0.5) is 0 Å². The molecule has 0 atom stereocenters. The van der Waals surface area contributed by atoms with Crippen molar-refractivity contribution in [3.8, 4) is 0 Å². The quantitative estimate of drug-likeness (QED) is 0.338. The van der Waals surface area contributed by atoms with Crippen LogP contribution < -0.4 is 0 Å². The van der Waals surface area contributed by atoms with Crippen LogP contribution in [-0.4, -0.2) is 11.2 Å². The zero-order chi connectivity index (χ0) is 18.4. The molecule has 0 unspecified atom stereocenters. The van der Waals surface area contributed by atoms with Gasteiger partial charge < -0.3 is 9.30 Å². The predicted octanol–water partition coefficient (Wildman–Crippen LogP) is 5.88. The predicted molar refractivity (Wildman–Crippen MR) is 118 cm³/mol. The van der Waals surface area contributed by atoms with E-state index in [0.717, 1.165) is 17.5 Å². The number of nitrogens with zero attached hydrogens (tertiary/aromatic N) is 1. The molecule has 1 aromatic heterocycles. The molecule has 0 amide bonds. The van der Waals surface area contributed by atoms with Gasteiger partial charge in [-0.3, -0.25) is 0 Å². The summed E-state index contributed by atoms with van der Waals surface area (Å²) < 4.78 is 10.4. The Balaban J connectivity index is 1.93. The highest BCUT2D eigenvalue weighted by Crippen LogP contribution is 2.44. The Kier molecular flexibility index (Phi) is 4.10. The lowest BCUT2D eigenvalue weighted by Gasteiger charge is -2.41. The average Bonchev–Trinajstić information content (AvgIpc) is 3.01. The zero-order valence-electron chi connectivity index (χ0n) is 15.2. The maximum Gasteiger partial charge on any atom is 0.197 e. The van der Waals surface area contributed by atoms with E-state index in [4.69, 9.17) is 4.74 Å². The fraction of sp³-hybridized carbons (Fsp3) is 0.167. The van der Waals surface area contributed by atoms with E-state index in [9.17, 15) is 0 Å². The molecule has 134 valence electrons.